The quantitative estimate of drug-likeness (QED) is 0.0215. The summed E-state index contributed by atoms with van der Waals surface area (Å²) in [6.07, 6.45) is 45.3. The number of nitrogens with zero attached hydrogens (tertiary/aromatic N) is 1. The van der Waals surface area contributed by atoms with Crippen LogP contribution in [-0.2, 0) is 27.9 Å². The highest BCUT2D eigenvalue weighted by atomic mass is 31.2. The Morgan fingerprint density at radius 2 is 0.929 bits per heavy atom. The molecule has 8 nitrogen and oxygen atoms in total. The van der Waals surface area contributed by atoms with Gasteiger partial charge >= 0.3 is 13.8 Å². The molecule has 2 unspecified atom stereocenters. The Morgan fingerprint density at radius 1 is 0.536 bits per heavy atom. The van der Waals surface area contributed by atoms with Crippen LogP contribution >= 0.6 is 7.82 Å². The first-order valence-electron chi connectivity index (χ1n) is 23.9. The van der Waals surface area contributed by atoms with Gasteiger partial charge in [-0.2, -0.15) is 0 Å². The molecule has 0 spiro atoms. The van der Waals surface area contributed by atoms with Gasteiger partial charge in [0, 0.05) is 13.0 Å². The average molecular weight is 817 g/mol. The Labute approximate surface area is 348 Å². The maximum absolute atomic E-state index is 12.7. The molecule has 56 heavy (non-hydrogen) atoms. The molecule has 1 N–H and O–H groups in total. The molecule has 0 bridgehead atoms. The second-order valence-corrected chi connectivity index (χ2v) is 19.0. The Kier molecular flexibility index (Phi) is 40.4. The van der Waals surface area contributed by atoms with Crippen molar-refractivity contribution in [1.82, 2.24) is 0 Å². The van der Waals surface area contributed by atoms with Crippen molar-refractivity contribution in [3.05, 3.63) is 12.2 Å². The number of likely N-dealkylation sites (N-methyl/N-ethyl adjacent to an activating group) is 1. The summed E-state index contributed by atoms with van der Waals surface area (Å²) in [5.74, 6) is -0.311. The van der Waals surface area contributed by atoms with E-state index in [1.54, 1.807) is 0 Å². The number of quaternary nitrogens is 1. The van der Waals surface area contributed by atoms with Gasteiger partial charge in [-0.3, -0.25) is 13.8 Å². The number of rotatable bonds is 45. The van der Waals surface area contributed by atoms with Crippen LogP contribution in [0.4, 0.5) is 0 Å². The highest BCUT2D eigenvalue weighted by Crippen LogP contribution is 2.43. The summed E-state index contributed by atoms with van der Waals surface area (Å²) in [6.45, 7) is 5.67. The molecule has 9 heteroatoms. The summed E-state index contributed by atoms with van der Waals surface area (Å²) in [4.78, 5) is 22.9. The summed E-state index contributed by atoms with van der Waals surface area (Å²) >= 11 is 0. The summed E-state index contributed by atoms with van der Waals surface area (Å²) in [5, 5.41) is 0. The Balaban J connectivity index is 4.12. The largest absolute Gasteiger partial charge is 0.472 e. The highest BCUT2D eigenvalue weighted by Gasteiger charge is 2.26. The smallest absolute Gasteiger partial charge is 0.457 e. The van der Waals surface area contributed by atoms with Gasteiger partial charge in [0.05, 0.1) is 34.4 Å². The maximum Gasteiger partial charge on any atom is 0.472 e. The molecule has 0 saturated heterocycles. The average Bonchev–Trinajstić information content (AvgIpc) is 3.15. The Hall–Kier alpha value is -0.760. The number of carbonyl (C=O) groups is 1. The molecule has 334 valence electrons. The van der Waals surface area contributed by atoms with E-state index in [-0.39, 0.29) is 25.8 Å². The molecule has 0 aliphatic carbocycles. The van der Waals surface area contributed by atoms with Crippen LogP contribution in [0.15, 0.2) is 12.2 Å². The minimum atomic E-state index is -4.27. The molecular weight excluding hydrogens is 721 g/mol. The summed E-state index contributed by atoms with van der Waals surface area (Å²) in [5.41, 5.74) is 0. The molecule has 0 rings (SSSR count). The lowest BCUT2D eigenvalue weighted by molar-refractivity contribution is -0.870. The number of hydrogen-bond acceptors (Lipinski definition) is 6. The lowest BCUT2D eigenvalue weighted by Crippen LogP contribution is -2.37. The van der Waals surface area contributed by atoms with Crippen LogP contribution in [-0.4, -0.2) is 75.6 Å². The van der Waals surface area contributed by atoms with Crippen molar-refractivity contribution in [2.24, 2.45) is 0 Å². The van der Waals surface area contributed by atoms with E-state index in [4.69, 9.17) is 18.5 Å². The lowest BCUT2D eigenvalue weighted by atomic mass is 10.0. The van der Waals surface area contributed by atoms with Crippen molar-refractivity contribution >= 4 is 13.8 Å². The summed E-state index contributed by atoms with van der Waals surface area (Å²) < 4.78 is 35.1. The molecule has 0 aliphatic rings. The zero-order valence-corrected chi connectivity index (χ0v) is 38.8. The van der Waals surface area contributed by atoms with E-state index in [0.29, 0.717) is 24.1 Å². The van der Waals surface area contributed by atoms with E-state index in [1.165, 1.54) is 173 Å². The predicted octanol–water partition coefficient (Wildman–Crippen LogP) is 14.2. The molecule has 0 saturated carbocycles. The van der Waals surface area contributed by atoms with Crippen LogP contribution in [0.1, 0.15) is 226 Å². The van der Waals surface area contributed by atoms with E-state index >= 15 is 0 Å². The van der Waals surface area contributed by atoms with Crippen molar-refractivity contribution in [3.8, 4) is 0 Å². The number of allylic oxidation sites excluding steroid dienone is 2. The second-order valence-electron chi connectivity index (χ2n) is 17.5. The first-order valence-corrected chi connectivity index (χ1v) is 25.4. The van der Waals surface area contributed by atoms with Gasteiger partial charge < -0.3 is 18.9 Å². The maximum atomic E-state index is 12.7. The molecule has 0 aromatic carbocycles. The van der Waals surface area contributed by atoms with Crippen LogP contribution < -0.4 is 0 Å². The highest BCUT2D eigenvalue weighted by molar-refractivity contribution is 7.47. The molecular formula is C47H95NO7P+. The number of ether oxygens (including phenoxy) is 2. The molecule has 0 aliphatic heterocycles. The minimum absolute atomic E-state index is 0.0916. The predicted molar refractivity (Wildman–Crippen MR) is 238 cm³/mol. The van der Waals surface area contributed by atoms with Gasteiger partial charge in [-0.25, -0.2) is 4.57 Å². The molecule has 0 heterocycles. The second kappa shape index (κ2) is 41.0. The van der Waals surface area contributed by atoms with Crippen molar-refractivity contribution in [2.45, 2.75) is 232 Å². The van der Waals surface area contributed by atoms with E-state index in [2.05, 4.69) is 26.0 Å². The van der Waals surface area contributed by atoms with Crippen LogP contribution in [0.2, 0.25) is 0 Å². The topological polar surface area (TPSA) is 91.3 Å². The van der Waals surface area contributed by atoms with Crippen LogP contribution in [0.3, 0.4) is 0 Å². The van der Waals surface area contributed by atoms with Crippen molar-refractivity contribution in [2.75, 3.05) is 54.1 Å². The zero-order valence-electron chi connectivity index (χ0n) is 37.9. The van der Waals surface area contributed by atoms with Gasteiger partial charge in [0.2, 0.25) is 0 Å². The van der Waals surface area contributed by atoms with Gasteiger partial charge in [-0.1, -0.05) is 193 Å². The molecule has 0 radical (unpaired) electrons. The summed E-state index contributed by atoms with van der Waals surface area (Å²) in [6, 6.07) is 0. The molecule has 0 amide bonds. The number of phosphoric acid groups is 1. The van der Waals surface area contributed by atoms with Gasteiger partial charge in [0.15, 0.2) is 0 Å². The Morgan fingerprint density at radius 3 is 1.36 bits per heavy atom. The van der Waals surface area contributed by atoms with E-state index < -0.39 is 13.9 Å². The number of esters is 1. The van der Waals surface area contributed by atoms with Gasteiger partial charge in [0.25, 0.3) is 0 Å². The fraction of sp³-hybridized carbons (Fsp3) is 0.936. The lowest BCUT2D eigenvalue weighted by Gasteiger charge is -2.24. The normalized spacial score (nSPS) is 13.8. The van der Waals surface area contributed by atoms with Gasteiger partial charge in [-0.15, -0.1) is 0 Å². The standard InChI is InChI=1S/C47H94NO7P/c1-6-8-10-12-14-16-18-20-21-22-23-24-25-26-27-28-30-32-34-36-38-40-47(49)55-46(45-54-56(50,51)53-43-41-48(3,4)5)44-52-42-39-37-35-33-31-29-19-17-15-13-11-9-7-2/h22-23,46H,6-21,24-45H2,1-5H3/p+1/b23-22-. The number of unbranched alkanes of at least 4 members (excludes halogenated alkanes) is 29. The third-order valence-electron chi connectivity index (χ3n) is 10.6. The number of carbonyl (C=O) groups excluding carboxylic acids is 1. The van der Waals surface area contributed by atoms with Crippen molar-refractivity contribution in [3.63, 3.8) is 0 Å². The first kappa shape index (κ1) is 55.2. The van der Waals surface area contributed by atoms with Crippen molar-refractivity contribution in [1.29, 1.82) is 0 Å². The fourth-order valence-electron chi connectivity index (χ4n) is 6.84. The number of phosphoric ester groups is 1. The fourth-order valence-corrected chi connectivity index (χ4v) is 7.58. The van der Waals surface area contributed by atoms with Crippen LogP contribution in [0.25, 0.3) is 0 Å². The molecule has 0 aromatic rings. The summed E-state index contributed by atoms with van der Waals surface area (Å²) in [7, 11) is 1.68. The number of hydrogen-bond donors (Lipinski definition) is 1. The zero-order chi connectivity index (χ0) is 41.3. The van der Waals surface area contributed by atoms with E-state index in [1.807, 2.05) is 21.1 Å². The third kappa shape index (κ3) is 44.3. The monoisotopic (exact) mass is 817 g/mol. The molecule has 0 fully saturated rings. The van der Waals surface area contributed by atoms with Crippen LogP contribution in [0, 0.1) is 0 Å². The SMILES string of the molecule is CCCCCCCCCC/C=C\CCCCCCCCCCCC(=O)OC(COCCCCCCCCCCCCCCC)COP(=O)(O)OCC[N+](C)(C)C. The molecule has 0 aromatic heterocycles. The minimum Gasteiger partial charge on any atom is -0.457 e. The first-order chi connectivity index (χ1) is 27.1. The van der Waals surface area contributed by atoms with E-state index in [9.17, 15) is 14.3 Å². The van der Waals surface area contributed by atoms with Crippen LogP contribution in [0.5, 0.6) is 0 Å². The van der Waals surface area contributed by atoms with Crippen molar-refractivity contribution < 1.29 is 37.3 Å². The Bertz CT molecular complexity index is 909. The van der Waals surface area contributed by atoms with E-state index in [0.717, 1.165) is 32.1 Å². The van der Waals surface area contributed by atoms with Gasteiger partial charge in [0.1, 0.15) is 19.3 Å². The third-order valence-corrected chi connectivity index (χ3v) is 11.6. The van der Waals surface area contributed by atoms with Gasteiger partial charge in [-0.05, 0) is 38.5 Å². The molecule has 2 atom stereocenters.